The van der Waals surface area contributed by atoms with E-state index in [2.05, 4.69) is 69.2 Å². The highest BCUT2D eigenvalue weighted by Crippen LogP contribution is 2.31. The molecule has 0 aromatic rings. The lowest BCUT2D eigenvalue weighted by Gasteiger charge is -2.27. The van der Waals surface area contributed by atoms with E-state index < -0.39 is 0 Å². The molecule has 0 saturated heterocycles. The molecule has 0 radical (unpaired) electrons. The zero-order valence-electron chi connectivity index (χ0n) is 20.3. The third kappa shape index (κ3) is 12.4. The minimum atomic E-state index is 0.880. The van der Waals surface area contributed by atoms with Gasteiger partial charge in [0.15, 0.2) is 0 Å². The van der Waals surface area contributed by atoms with Crippen molar-refractivity contribution in [2.75, 3.05) is 0 Å². The minimum absolute atomic E-state index is 0.880. The van der Waals surface area contributed by atoms with E-state index >= 15 is 0 Å². The molecular weight excluding hydrogens is 312 g/mol. The van der Waals surface area contributed by atoms with Gasteiger partial charge < -0.3 is 0 Å². The molecule has 0 bridgehead atoms. The molecule has 8 unspecified atom stereocenters. The number of hydrogen-bond acceptors (Lipinski definition) is 0. The Labute approximate surface area is 168 Å². The molecule has 0 heterocycles. The van der Waals surface area contributed by atoms with Crippen LogP contribution in [0.25, 0.3) is 0 Å². The molecule has 0 rings (SSSR count). The molecule has 0 aliphatic rings. The van der Waals surface area contributed by atoms with Gasteiger partial charge >= 0.3 is 0 Å². The molecule has 26 heavy (non-hydrogen) atoms. The summed E-state index contributed by atoms with van der Waals surface area (Å²) in [6.07, 6.45) is 11.2. The first-order valence-electron chi connectivity index (χ1n) is 12.1. The summed E-state index contributed by atoms with van der Waals surface area (Å²) < 4.78 is 0. The molecular formula is C26H54. The normalized spacial score (nSPS) is 21.5. The number of hydrogen-bond donors (Lipinski definition) is 0. The first-order valence-corrected chi connectivity index (χ1v) is 12.1. The maximum Gasteiger partial charge on any atom is -0.0415 e. The Morgan fingerprint density at radius 1 is 0.346 bits per heavy atom. The third-order valence-corrected chi connectivity index (χ3v) is 7.11. The van der Waals surface area contributed by atoms with Gasteiger partial charge in [-0.15, -0.1) is 0 Å². The van der Waals surface area contributed by atoms with Crippen molar-refractivity contribution in [3.8, 4) is 0 Å². The highest BCUT2D eigenvalue weighted by atomic mass is 14.2. The van der Waals surface area contributed by atoms with Crippen LogP contribution in [0.4, 0.5) is 0 Å². The van der Waals surface area contributed by atoms with E-state index in [-0.39, 0.29) is 0 Å². The van der Waals surface area contributed by atoms with Crippen LogP contribution in [0.3, 0.4) is 0 Å². The summed E-state index contributed by atoms with van der Waals surface area (Å²) in [5.74, 6) is 7.09. The lowest BCUT2D eigenvalue weighted by molar-refractivity contribution is 0.248. The topological polar surface area (TPSA) is 0 Å². The van der Waals surface area contributed by atoms with Crippen molar-refractivity contribution in [3.05, 3.63) is 0 Å². The highest BCUT2D eigenvalue weighted by molar-refractivity contribution is 4.70. The fourth-order valence-electron chi connectivity index (χ4n) is 5.35. The van der Waals surface area contributed by atoms with E-state index in [1.165, 1.54) is 51.4 Å². The van der Waals surface area contributed by atoms with Crippen LogP contribution in [0.15, 0.2) is 0 Å². The van der Waals surface area contributed by atoms with Gasteiger partial charge in [0.2, 0.25) is 0 Å². The molecule has 0 aromatic carbocycles. The molecule has 0 heteroatoms. The van der Waals surface area contributed by atoms with Crippen LogP contribution in [0.5, 0.6) is 0 Å². The van der Waals surface area contributed by atoms with E-state index in [0.29, 0.717) is 0 Å². The van der Waals surface area contributed by atoms with Crippen molar-refractivity contribution in [2.45, 2.75) is 121 Å². The van der Waals surface area contributed by atoms with Gasteiger partial charge in [-0.3, -0.25) is 0 Å². The standard InChI is InChI=1S/C26H54/c1-11-19(3)13-20(4)14-21(5)15-22(6)16-23(7)17-24(8)18-26(10)25(9)12-2/h19-26H,11-18H2,1-10H3. The van der Waals surface area contributed by atoms with Gasteiger partial charge in [0.05, 0.1) is 0 Å². The summed E-state index contributed by atoms with van der Waals surface area (Å²) in [5.41, 5.74) is 0. The summed E-state index contributed by atoms with van der Waals surface area (Å²) in [7, 11) is 0. The maximum absolute atomic E-state index is 2.50. The Hall–Kier alpha value is 0. The summed E-state index contributed by atoms with van der Waals surface area (Å²) >= 11 is 0. The van der Waals surface area contributed by atoms with Crippen LogP contribution >= 0.6 is 0 Å². The van der Waals surface area contributed by atoms with E-state index in [1.54, 1.807) is 0 Å². The molecule has 0 nitrogen and oxygen atoms in total. The van der Waals surface area contributed by atoms with Crippen LogP contribution in [0.1, 0.15) is 121 Å². The molecule has 0 fully saturated rings. The van der Waals surface area contributed by atoms with Crippen LogP contribution in [-0.4, -0.2) is 0 Å². The van der Waals surface area contributed by atoms with Gasteiger partial charge in [0.1, 0.15) is 0 Å². The number of rotatable bonds is 15. The zero-order chi connectivity index (χ0) is 20.3. The van der Waals surface area contributed by atoms with Crippen LogP contribution in [0.2, 0.25) is 0 Å². The van der Waals surface area contributed by atoms with E-state index in [4.69, 9.17) is 0 Å². The largest absolute Gasteiger partial charge is 0.0651 e. The average Bonchev–Trinajstić information content (AvgIpc) is 2.52. The molecule has 0 aliphatic heterocycles. The van der Waals surface area contributed by atoms with E-state index in [9.17, 15) is 0 Å². The van der Waals surface area contributed by atoms with Gasteiger partial charge in [-0.2, -0.15) is 0 Å². The van der Waals surface area contributed by atoms with Gasteiger partial charge in [0, 0.05) is 0 Å². The summed E-state index contributed by atoms with van der Waals surface area (Å²) in [4.78, 5) is 0. The fraction of sp³-hybridized carbons (Fsp3) is 1.00. The molecule has 0 aliphatic carbocycles. The molecule has 158 valence electrons. The average molecular weight is 367 g/mol. The Bertz CT molecular complexity index is 320. The summed E-state index contributed by atoms with van der Waals surface area (Å²) in [5, 5.41) is 0. The predicted octanol–water partition coefficient (Wildman–Crippen LogP) is 9.24. The second-order valence-corrected chi connectivity index (χ2v) is 10.8. The quantitative estimate of drug-likeness (QED) is 0.271. The van der Waals surface area contributed by atoms with Crippen molar-refractivity contribution in [1.82, 2.24) is 0 Å². The monoisotopic (exact) mass is 366 g/mol. The molecule has 0 amide bonds. The van der Waals surface area contributed by atoms with E-state index in [1.807, 2.05) is 0 Å². The maximum atomic E-state index is 2.50. The molecule has 0 N–H and O–H groups in total. The first-order chi connectivity index (χ1) is 12.1. The van der Waals surface area contributed by atoms with Gasteiger partial charge in [0.25, 0.3) is 0 Å². The van der Waals surface area contributed by atoms with Crippen molar-refractivity contribution < 1.29 is 0 Å². The predicted molar refractivity (Wildman–Crippen MR) is 122 cm³/mol. The van der Waals surface area contributed by atoms with Crippen molar-refractivity contribution >= 4 is 0 Å². The van der Waals surface area contributed by atoms with Crippen molar-refractivity contribution in [3.63, 3.8) is 0 Å². The van der Waals surface area contributed by atoms with Crippen LogP contribution < -0.4 is 0 Å². The molecule has 8 atom stereocenters. The lowest BCUT2D eigenvalue weighted by atomic mass is 9.79. The lowest BCUT2D eigenvalue weighted by Crippen LogP contribution is -2.15. The Morgan fingerprint density at radius 2 is 0.654 bits per heavy atom. The minimum Gasteiger partial charge on any atom is -0.0651 e. The second-order valence-electron chi connectivity index (χ2n) is 10.8. The SMILES string of the molecule is CCC(C)CC(C)CC(C)CC(C)CC(C)CC(C)CC(C)C(C)CC. The Morgan fingerprint density at radius 3 is 0.962 bits per heavy atom. The third-order valence-electron chi connectivity index (χ3n) is 7.11. The van der Waals surface area contributed by atoms with Crippen molar-refractivity contribution in [2.24, 2.45) is 47.3 Å². The first kappa shape index (κ1) is 26.0. The molecule has 0 aromatic heterocycles. The van der Waals surface area contributed by atoms with E-state index in [0.717, 1.165) is 47.3 Å². The van der Waals surface area contributed by atoms with Crippen LogP contribution in [0, 0.1) is 47.3 Å². The Kier molecular flexibility index (Phi) is 14.1. The fourth-order valence-corrected chi connectivity index (χ4v) is 5.35. The van der Waals surface area contributed by atoms with Crippen LogP contribution in [-0.2, 0) is 0 Å². The van der Waals surface area contributed by atoms with Gasteiger partial charge in [-0.05, 0) is 85.9 Å². The summed E-state index contributed by atoms with van der Waals surface area (Å²) in [6.45, 7) is 24.4. The van der Waals surface area contributed by atoms with Gasteiger partial charge in [-0.1, -0.05) is 82.1 Å². The second kappa shape index (κ2) is 14.1. The smallest absolute Gasteiger partial charge is 0.0415 e. The molecule has 0 spiro atoms. The Balaban J connectivity index is 4.11. The zero-order valence-corrected chi connectivity index (χ0v) is 20.3. The van der Waals surface area contributed by atoms with Gasteiger partial charge in [-0.25, -0.2) is 0 Å². The van der Waals surface area contributed by atoms with Crippen molar-refractivity contribution in [1.29, 1.82) is 0 Å². The highest BCUT2D eigenvalue weighted by Gasteiger charge is 2.19. The molecule has 0 saturated carbocycles. The summed E-state index contributed by atoms with van der Waals surface area (Å²) in [6, 6.07) is 0.